The quantitative estimate of drug-likeness (QED) is 0.257. The molecule has 7 nitrogen and oxygen atoms in total. The van der Waals surface area contributed by atoms with Gasteiger partial charge in [-0.3, -0.25) is 9.11 Å². The number of hydrogen-bond donors (Lipinski definition) is 2. The van der Waals surface area contributed by atoms with Crippen LogP contribution in [-0.2, 0) is 19.3 Å². The first-order valence-corrected chi connectivity index (χ1v) is 4.10. The summed E-state index contributed by atoms with van der Waals surface area (Å²) in [5.74, 6) is 0. The monoisotopic (exact) mass is 182 g/mol. The van der Waals surface area contributed by atoms with Gasteiger partial charge in [-0.1, -0.05) is 0 Å². The lowest BCUT2D eigenvalue weighted by molar-refractivity contribution is 0.488. The van der Waals surface area contributed by atoms with E-state index < -0.39 is 19.3 Å². The topological polar surface area (TPSA) is 155 Å². The van der Waals surface area contributed by atoms with Crippen molar-refractivity contribution in [1.82, 2.24) is 0 Å². The molecule has 9 heavy (non-hydrogen) atoms. The average molecular weight is 182 g/mol. The second-order valence-corrected chi connectivity index (χ2v) is 4.05. The van der Waals surface area contributed by atoms with Crippen molar-refractivity contribution in [3.05, 3.63) is 0 Å². The Kier molecular flexibility index (Phi) is 8.49. The van der Waals surface area contributed by atoms with Gasteiger partial charge in [0.2, 0.25) is 0 Å². The summed E-state index contributed by atoms with van der Waals surface area (Å²) in [5.41, 5.74) is 0. The highest BCUT2D eigenvalue weighted by Crippen LogP contribution is 1.83. The van der Waals surface area contributed by atoms with E-state index in [9.17, 15) is 12.6 Å². The minimum absolute atomic E-state index is 0. The third-order valence-electron chi connectivity index (χ3n) is 0.180. The van der Waals surface area contributed by atoms with Gasteiger partial charge in [0.15, 0.2) is 0 Å². The Hall–Kier alpha value is -0.0600. The lowest BCUT2D eigenvalue weighted by Gasteiger charge is -1.80. The van der Waals surface area contributed by atoms with Crippen LogP contribution in [0.15, 0.2) is 0 Å². The molecule has 1 atom stereocenters. The molecule has 0 aromatic heterocycles. The Morgan fingerprint density at radius 3 is 1.33 bits per heavy atom. The van der Waals surface area contributed by atoms with Crippen LogP contribution in [0.3, 0.4) is 0 Å². The van der Waals surface area contributed by atoms with Crippen LogP contribution in [0.2, 0.25) is 0 Å². The highest BCUT2D eigenvalue weighted by Gasteiger charge is 2.10. The summed E-state index contributed by atoms with van der Waals surface area (Å²) in [6.45, 7) is 0. The molecule has 0 fully saturated rings. The number of hydrogen-bond acceptors (Lipinski definition) is 3. The second kappa shape index (κ2) is 4.78. The predicted molar refractivity (Wildman–Crippen MR) is 29.5 cm³/mol. The van der Waals surface area contributed by atoms with Gasteiger partial charge >= 0.3 is 19.3 Å². The van der Waals surface area contributed by atoms with Crippen LogP contribution >= 0.6 is 0 Å². The van der Waals surface area contributed by atoms with E-state index in [1.54, 1.807) is 0 Å². The van der Waals surface area contributed by atoms with Gasteiger partial charge in [0.05, 0.1) is 0 Å². The van der Waals surface area contributed by atoms with E-state index >= 15 is 0 Å². The fourth-order valence-electron chi connectivity index (χ4n) is 0. The molecule has 0 aliphatic carbocycles. The molecule has 0 aromatic rings. The van der Waals surface area contributed by atoms with Gasteiger partial charge in [-0.15, -0.1) is 0 Å². The SMILES string of the molecule is O.O.O=S(O)S(=O)(=O)O. The normalized spacial score (nSPS) is 12.7. The lowest BCUT2D eigenvalue weighted by Crippen LogP contribution is -2.03. The van der Waals surface area contributed by atoms with Crippen molar-refractivity contribution >= 4 is 19.3 Å². The van der Waals surface area contributed by atoms with Crippen molar-refractivity contribution in [2.45, 2.75) is 0 Å². The van der Waals surface area contributed by atoms with E-state index in [2.05, 4.69) is 0 Å². The minimum Gasteiger partial charge on any atom is -0.412 e. The van der Waals surface area contributed by atoms with Crippen molar-refractivity contribution in [1.29, 1.82) is 0 Å². The van der Waals surface area contributed by atoms with Crippen LogP contribution in [-0.4, -0.2) is 32.7 Å². The summed E-state index contributed by atoms with van der Waals surface area (Å²) in [7, 11) is -7.87. The van der Waals surface area contributed by atoms with Gasteiger partial charge in [0, 0.05) is 0 Å². The van der Waals surface area contributed by atoms with Crippen molar-refractivity contribution in [3.8, 4) is 0 Å². The van der Waals surface area contributed by atoms with Crippen molar-refractivity contribution < 1.29 is 32.7 Å². The van der Waals surface area contributed by atoms with E-state index in [-0.39, 0.29) is 11.0 Å². The van der Waals surface area contributed by atoms with Gasteiger partial charge in [-0.2, -0.15) is 8.42 Å². The van der Waals surface area contributed by atoms with Gasteiger partial charge in [0.25, 0.3) is 0 Å². The molecule has 0 rings (SSSR count). The highest BCUT2D eigenvalue weighted by molar-refractivity contribution is 8.59. The van der Waals surface area contributed by atoms with Crippen LogP contribution in [0.4, 0.5) is 0 Å². The largest absolute Gasteiger partial charge is 0.412 e. The average Bonchev–Trinajstić information content (AvgIpc) is 1.31. The van der Waals surface area contributed by atoms with Crippen LogP contribution in [0.1, 0.15) is 0 Å². The molecule has 0 spiro atoms. The summed E-state index contributed by atoms with van der Waals surface area (Å²) in [6, 6.07) is 0. The maximum absolute atomic E-state index is 9.34. The van der Waals surface area contributed by atoms with Gasteiger partial charge in [-0.25, -0.2) is 4.21 Å². The maximum atomic E-state index is 9.34. The van der Waals surface area contributed by atoms with Crippen LogP contribution in [0.5, 0.6) is 0 Å². The van der Waals surface area contributed by atoms with E-state index in [4.69, 9.17) is 9.11 Å². The molecule has 0 bridgehead atoms. The molecule has 0 radical (unpaired) electrons. The molecule has 0 saturated carbocycles. The summed E-state index contributed by atoms with van der Waals surface area (Å²) in [5, 5.41) is 0. The molecule has 60 valence electrons. The summed E-state index contributed by atoms with van der Waals surface area (Å²) in [6.07, 6.45) is 0. The Bertz CT molecular complexity index is 161. The molecule has 1 unspecified atom stereocenters. The van der Waals surface area contributed by atoms with Crippen LogP contribution in [0.25, 0.3) is 0 Å². The zero-order valence-corrected chi connectivity index (χ0v) is 5.57. The Morgan fingerprint density at radius 1 is 1.22 bits per heavy atom. The fourth-order valence-corrected chi connectivity index (χ4v) is 0. The predicted octanol–water partition coefficient (Wildman–Crippen LogP) is -2.64. The summed E-state index contributed by atoms with van der Waals surface area (Å²) >= 11 is 0. The Balaban J connectivity index is -0.000000180. The molecule has 0 amide bonds. The summed E-state index contributed by atoms with van der Waals surface area (Å²) < 4.78 is 43.0. The van der Waals surface area contributed by atoms with Crippen molar-refractivity contribution in [2.75, 3.05) is 0 Å². The van der Waals surface area contributed by atoms with E-state index in [1.807, 2.05) is 0 Å². The fraction of sp³-hybridized carbons (Fsp3) is 0. The smallest absolute Gasteiger partial charge is 0.373 e. The van der Waals surface area contributed by atoms with Gasteiger partial charge in [-0.05, 0) is 0 Å². The van der Waals surface area contributed by atoms with Gasteiger partial charge in [0.1, 0.15) is 0 Å². The molecule has 0 aliphatic rings. The third-order valence-corrected chi connectivity index (χ3v) is 1.62. The molecular formula is H6O7S2. The zero-order chi connectivity index (χ0) is 6.08. The number of rotatable bonds is 1. The van der Waals surface area contributed by atoms with E-state index in [0.29, 0.717) is 0 Å². The Labute approximate surface area is 52.7 Å². The lowest BCUT2D eigenvalue weighted by atomic mass is 15.9. The molecule has 0 heterocycles. The standard InChI is InChI=1S/H2O5S2.2H2O/c1-6(2)7(3,4)5;;/h(H,1,2)(H,3,4,5);2*1H2. The highest BCUT2D eigenvalue weighted by atomic mass is 33.2. The molecule has 9 heteroatoms. The minimum atomic E-state index is -4.71. The van der Waals surface area contributed by atoms with Crippen molar-refractivity contribution in [2.24, 2.45) is 0 Å². The molecular weight excluding hydrogens is 176 g/mol. The first-order valence-electron chi connectivity index (χ1n) is 1.03. The molecule has 0 saturated heterocycles. The first kappa shape index (κ1) is 16.0. The molecule has 0 aromatic carbocycles. The first-order chi connectivity index (χ1) is 2.94. The summed E-state index contributed by atoms with van der Waals surface area (Å²) in [4.78, 5) is 0. The second-order valence-electron chi connectivity index (χ2n) is 0.645. The maximum Gasteiger partial charge on any atom is 0.373 e. The zero-order valence-electron chi connectivity index (χ0n) is 3.94. The Morgan fingerprint density at radius 2 is 1.33 bits per heavy atom. The third kappa shape index (κ3) is 7.94. The molecule has 0 aliphatic heterocycles. The van der Waals surface area contributed by atoms with Crippen LogP contribution < -0.4 is 0 Å². The molecule has 6 N–H and O–H groups in total. The van der Waals surface area contributed by atoms with E-state index in [1.165, 1.54) is 0 Å². The van der Waals surface area contributed by atoms with Gasteiger partial charge < -0.3 is 11.0 Å². The van der Waals surface area contributed by atoms with E-state index in [0.717, 1.165) is 0 Å². The van der Waals surface area contributed by atoms with Crippen molar-refractivity contribution in [3.63, 3.8) is 0 Å². The van der Waals surface area contributed by atoms with Crippen LogP contribution in [0, 0.1) is 0 Å².